The van der Waals surface area contributed by atoms with Crippen molar-refractivity contribution < 1.29 is 9.90 Å². The van der Waals surface area contributed by atoms with E-state index in [1.165, 1.54) is 0 Å². The Labute approximate surface area is 105 Å². The second kappa shape index (κ2) is 5.53. The molecular weight excluding hydrogens is 236 g/mol. The summed E-state index contributed by atoms with van der Waals surface area (Å²) in [4.78, 5) is 12.4. The summed E-state index contributed by atoms with van der Waals surface area (Å²) in [7, 11) is 1.86. The van der Waals surface area contributed by atoms with Crippen LogP contribution in [-0.2, 0) is 4.79 Å². The van der Waals surface area contributed by atoms with Gasteiger partial charge in [-0.25, -0.2) is 0 Å². The van der Waals surface area contributed by atoms with Crippen LogP contribution in [0.1, 0.15) is 11.5 Å². The molecule has 1 heterocycles. The molecule has 17 heavy (non-hydrogen) atoms. The van der Waals surface area contributed by atoms with Gasteiger partial charge in [0.05, 0.1) is 18.0 Å². The summed E-state index contributed by atoms with van der Waals surface area (Å²) in [6, 6.07) is 5.98. The maximum absolute atomic E-state index is 11.3. The zero-order valence-corrected chi connectivity index (χ0v) is 10.5. The first-order chi connectivity index (χ1) is 8.24. The molecule has 0 saturated heterocycles. The van der Waals surface area contributed by atoms with E-state index in [0.717, 1.165) is 22.7 Å². The number of likely N-dealkylation sites (N-methyl/N-ethyl adjacent to an activating group) is 1. The van der Waals surface area contributed by atoms with Crippen molar-refractivity contribution in [1.29, 1.82) is 0 Å². The second-order valence-electron chi connectivity index (χ2n) is 4.03. The molecule has 1 aromatic rings. The van der Waals surface area contributed by atoms with Crippen LogP contribution in [0.3, 0.4) is 0 Å². The summed E-state index contributed by atoms with van der Waals surface area (Å²) < 4.78 is 0. The smallest absolute Gasteiger partial charge is 0.234 e. The average Bonchev–Trinajstić information content (AvgIpc) is 2.35. The van der Waals surface area contributed by atoms with E-state index in [1.807, 2.05) is 25.2 Å². The average molecular weight is 252 g/mol. The lowest BCUT2D eigenvalue weighted by Crippen LogP contribution is -2.22. The van der Waals surface area contributed by atoms with Crippen LogP contribution in [0.15, 0.2) is 23.1 Å². The van der Waals surface area contributed by atoms with E-state index in [4.69, 9.17) is 0 Å². The largest absolute Gasteiger partial charge is 0.396 e. The lowest BCUT2D eigenvalue weighted by molar-refractivity contribution is -0.113. The Balaban J connectivity index is 2.25. The molecule has 1 aliphatic heterocycles. The number of nitrogens with one attached hydrogen (secondary N) is 2. The summed E-state index contributed by atoms with van der Waals surface area (Å²) in [5.41, 5.74) is 1.90. The van der Waals surface area contributed by atoms with Crippen LogP contribution in [0.25, 0.3) is 0 Å². The Kier molecular flexibility index (Phi) is 4.04. The van der Waals surface area contributed by atoms with Gasteiger partial charge in [-0.2, -0.15) is 0 Å². The van der Waals surface area contributed by atoms with Crippen molar-refractivity contribution >= 4 is 23.4 Å². The van der Waals surface area contributed by atoms with Gasteiger partial charge in [-0.1, -0.05) is 6.07 Å². The SMILES string of the molecule is CNCC(CO)c1ccc2c(c1)NC(=O)CS2. The topological polar surface area (TPSA) is 61.4 Å². The van der Waals surface area contributed by atoms with Crippen LogP contribution in [0.4, 0.5) is 5.69 Å². The lowest BCUT2D eigenvalue weighted by atomic mass is 9.99. The van der Waals surface area contributed by atoms with Crippen molar-refractivity contribution in [3.8, 4) is 0 Å². The van der Waals surface area contributed by atoms with Gasteiger partial charge >= 0.3 is 0 Å². The van der Waals surface area contributed by atoms with Gasteiger partial charge in [0, 0.05) is 17.4 Å². The van der Waals surface area contributed by atoms with Crippen molar-refractivity contribution in [2.75, 3.05) is 31.3 Å². The van der Waals surface area contributed by atoms with Gasteiger partial charge in [-0.05, 0) is 24.7 Å². The Morgan fingerprint density at radius 3 is 3.12 bits per heavy atom. The fourth-order valence-corrected chi connectivity index (χ4v) is 2.68. The number of thioether (sulfide) groups is 1. The molecule has 5 heteroatoms. The minimum atomic E-state index is 0.0359. The highest BCUT2D eigenvalue weighted by Gasteiger charge is 2.17. The molecule has 1 amide bonds. The minimum Gasteiger partial charge on any atom is -0.396 e. The van der Waals surface area contributed by atoms with Crippen molar-refractivity contribution in [3.05, 3.63) is 23.8 Å². The van der Waals surface area contributed by atoms with Gasteiger partial charge in [0.2, 0.25) is 5.91 Å². The Morgan fingerprint density at radius 1 is 1.59 bits per heavy atom. The summed E-state index contributed by atoms with van der Waals surface area (Å²) in [6.45, 7) is 0.817. The van der Waals surface area contributed by atoms with Crippen LogP contribution in [0.5, 0.6) is 0 Å². The van der Waals surface area contributed by atoms with E-state index < -0.39 is 0 Å². The van der Waals surface area contributed by atoms with E-state index in [2.05, 4.69) is 10.6 Å². The molecule has 2 rings (SSSR count). The molecule has 0 saturated carbocycles. The van der Waals surface area contributed by atoms with Crippen LogP contribution in [-0.4, -0.2) is 37.0 Å². The lowest BCUT2D eigenvalue weighted by Gasteiger charge is -2.20. The maximum atomic E-state index is 11.3. The maximum Gasteiger partial charge on any atom is 0.234 e. The van der Waals surface area contributed by atoms with Crippen LogP contribution >= 0.6 is 11.8 Å². The molecule has 1 unspecified atom stereocenters. The summed E-state index contributed by atoms with van der Waals surface area (Å²) in [5, 5.41) is 15.2. The number of hydrogen-bond donors (Lipinski definition) is 3. The fourth-order valence-electron chi connectivity index (χ4n) is 1.89. The molecule has 0 aliphatic carbocycles. The third-order valence-electron chi connectivity index (χ3n) is 2.78. The molecule has 3 N–H and O–H groups in total. The van der Waals surface area contributed by atoms with E-state index in [1.54, 1.807) is 11.8 Å². The summed E-state index contributed by atoms with van der Waals surface area (Å²) in [6.07, 6.45) is 0. The fraction of sp³-hybridized carbons (Fsp3) is 0.417. The Bertz CT molecular complexity index is 423. The van der Waals surface area contributed by atoms with E-state index >= 15 is 0 Å². The quantitative estimate of drug-likeness (QED) is 0.749. The van der Waals surface area contributed by atoms with E-state index in [9.17, 15) is 9.90 Å². The molecule has 1 aliphatic rings. The number of carbonyl (C=O) groups is 1. The minimum absolute atomic E-state index is 0.0359. The normalized spacial score (nSPS) is 16.2. The number of fused-ring (bicyclic) bond motifs is 1. The zero-order valence-electron chi connectivity index (χ0n) is 9.69. The number of amides is 1. The van der Waals surface area contributed by atoms with Gasteiger partial charge in [0.1, 0.15) is 0 Å². The third kappa shape index (κ3) is 2.80. The molecular formula is C12H16N2O2S. The Hall–Kier alpha value is -1.04. The van der Waals surface area contributed by atoms with Crippen molar-refractivity contribution in [2.24, 2.45) is 0 Å². The molecule has 0 bridgehead atoms. The highest BCUT2D eigenvalue weighted by molar-refractivity contribution is 8.00. The number of aliphatic hydroxyl groups is 1. The van der Waals surface area contributed by atoms with E-state index in [-0.39, 0.29) is 18.4 Å². The first-order valence-electron chi connectivity index (χ1n) is 5.56. The van der Waals surface area contributed by atoms with Crippen LogP contribution < -0.4 is 10.6 Å². The highest BCUT2D eigenvalue weighted by atomic mass is 32.2. The number of aliphatic hydroxyl groups excluding tert-OH is 1. The predicted octanol–water partition coefficient (Wildman–Crippen LogP) is 1.03. The summed E-state index contributed by atoms with van der Waals surface area (Å²) >= 11 is 1.55. The van der Waals surface area contributed by atoms with Gasteiger partial charge in [0.15, 0.2) is 0 Å². The molecule has 0 aromatic heterocycles. The number of anilines is 1. The molecule has 0 radical (unpaired) electrons. The van der Waals surface area contributed by atoms with E-state index in [0.29, 0.717) is 5.75 Å². The number of rotatable bonds is 4. The molecule has 0 fully saturated rings. The molecule has 1 atom stereocenters. The molecule has 92 valence electrons. The Morgan fingerprint density at radius 2 is 2.41 bits per heavy atom. The van der Waals surface area contributed by atoms with Gasteiger partial charge in [0.25, 0.3) is 0 Å². The van der Waals surface area contributed by atoms with Gasteiger partial charge in [-0.15, -0.1) is 11.8 Å². The summed E-state index contributed by atoms with van der Waals surface area (Å²) in [5.74, 6) is 0.578. The molecule has 1 aromatic carbocycles. The first-order valence-corrected chi connectivity index (χ1v) is 6.55. The number of benzene rings is 1. The molecule has 0 spiro atoms. The second-order valence-corrected chi connectivity index (χ2v) is 5.05. The van der Waals surface area contributed by atoms with Gasteiger partial charge < -0.3 is 15.7 Å². The molecule has 4 nitrogen and oxygen atoms in total. The number of hydrogen-bond acceptors (Lipinski definition) is 4. The standard InChI is InChI=1S/C12H16N2O2S/c1-13-5-9(6-15)8-2-3-11-10(4-8)14-12(16)7-17-11/h2-4,9,13,15H,5-7H2,1H3,(H,14,16). The van der Waals surface area contributed by atoms with Crippen molar-refractivity contribution in [2.45, 2.75) is 10.8 Å². The predicted molar refractivity (Wildman–Crippen MR) is 69.5 cm³/mol. The zero-order chi connectivity index (χ0) is 12.3. The van der Waals surface area contributed by atoms with Crippen LogP contribution in [0.2, 0.25) is 0 Å². The number of carbonyl (C=O) groups excluding carboxylic acids is 1. The van der Waals surface area contributed by atoms with Crippen LogP contribution in [0, 0.1) is 0 Å². The highest BCUT2D eigenvalue weighted by Crippen LogP contribution is 2.33. The first kappa shape index (κ1) is 12.4. The van der Waals surface area contributed by atoms with Gasteiger partial charge in [-0.3, -0.25) is 4.79 Å². The van der Waals surface area contributed by atoms with Crippen molar-refractivity contribution in [1.82, 2.24) is 5.32 Å². The monoisotopic (exact) mass is 252 g/mol. The third-order valence-corrected chi connectivity index (χ3v) is 3.85. The van der Waals surface area contributed by atoms with Crippen molar-refractivity contribution in [3.63, 3.8) is 0 Å².